The van der Waals surface area contributed by atoms with Gasteiger partial charge in [0.2, 0.25) is 0 Å². The Kier molecular flexibility index (Phi) is 5.15. The summed E-state index contributed by atoms with van der Waals surface area (Å²) in [5.74, 6) is 0. The Hall–Kier alpha value is -2.54. The van der Waals surface area contributed by atoms with Gasteiger partial charge in [0.25, 0.3) is 5.56 Å². The van der Waals surface area contributed by atoms with E-state index in [2.05, 4.69) is 22.1 Å². The Morgan fingerprint density at radius 1 is 1.20 bits per heavy atom. The van der Waals surface area contributed by atoms with E-state index >= 15 is 0 Å². The number of hydrogen-bond donors (Lipinski definition) is 1. The predicted molar refractivity (Wildman–Crippen MR) is 116 cm³/mol. The summed E-state index contributed by atoms with van der Waals surface area (Å²) in [7, 11) is 0. The third kappa shape index (κ3) is 3.45. The van der Waals surface area contributed by atoms with Crippen molar-refractivity contribution in [3.63, 3.8) is 0 Å². The van der Waals surface area contributed by atoms with Crippen molar-refractivity contribution < 1.29 is 9.84 Å². The summed E-state index contributed by atoms with van der Waals surface area (Å²) in [6, 6.07) is 5.37. The van der Waals surface area contributed by atoms with Crippen molar-refractivity contribution in [3.8, 4) is 0 Å². The molecule has 30 heavy (non-hydrogen) atoms. The van der Waals surface area contributed by atoms with Gasteiger partial charge in [-0.2, -0.15) is 0 Å². The van der Waals surface area contributed by atoms with Gasteiger partial charge < -0.3 is 9.84 Å². The molecule has 5 rings (SSSR count). The summed E-state index contributed by atoms with van der Waals surface area (Å²) < 4.78 is 6.89. The summed E-state index contributed by atoms with van der Waals surface area (Å²) in [4.78, 5) is 22.3. The second-order valence-electron chi connectivity index (χ2n) is 7.87. The number of aromatic nitrogens is 3. The number of aliphatic hydroxyl groups excluding tert-OH is 1. The molecule has 1 fully saturated rings. The fourth-order valence-corrected chi connectivity index (χ4v) is 4.54. The van der Waals surface area contributed by atoms with Gasteiger partial charge in [0.05, 0.1) is 36.0 Å². The lowest BCUT2D eigenvalue weighted by Crippen LogP contribution is -2.40. The molecule has 0 saturated carbocycles. The Bertz CT molecular complexity index is 1280. The topological polar surface area (TPSA) is 77.2 Å². The first-order valence-electron chi connectivity index (χ1n) is 10.2. The number of fused-ring (bicyclic) bond motifs is 3. The van der Waals surface area contributed by atoms with Crippen LogP contribution in [0.15, 0.2) is 35.5 Å². The number of ether oxygens (including phenoxy) is 1. The molecule has 1 saturated heterocycles. The second-order valence-corrected chi connectivity index (χ2v) is 8.25. The number of halogens is 1. The van der Waals surface area contributed by atoms with Crippen LogP contribution in [0.25, 0.3) is 23.1 Å². The molecule has 1 aliphatic carbocycles. The van der Waals surface area contributed by atoms with Gasteiger partial charge in [-0.15, -0.1) is 0 Å². The molecule has 3 heterocycles. The van der Waals surface area contributed by atoms with Gasteiger partial charge in [-0.25, -0.2) is 9.97 Å². The largest absolute Gasteiger partial charge is 0.389 e. The van der Waals surface area contributed by atoms with Crippen LogP contribution < -0.4 is 16.0 Å². The van der Waals surface area contributed by atoms with Gasteiger partial charge in [-0.05, 0) is 54.2 Å². The summed E-state index contributed by atoms with van der Waals surface area (Å²) in [5.41, 5.74) is 2.70. The van der Waals surface area contributed by atoms with E-state index in [0.717, 1.165) is 39.9 Å². The lowest BCUT2D eigenvalue weighted by molar-refractivity contribution is -0.0395. The van der Waals surface area contributed by atoms with E-state index in [9.17, 15) is 9.90 Å². The van der Waals surface area contributed by atoms with Crippen LogP contribution >= 0.6 is 11.6 Å². The van der Waals surface area contributed by atoms with E-state index in [-0.39, 0.29) is 18.2 Å². The number of hydrogen-bond acceptors (Lipinski definition) is 5. The highest BCUT2D eigenvalue weighted by atomic mass is 35.5. The maximum Gasteiger partial charge on any atom is 0.261 e. The minimum atomic E-state index is -0.715. The van der Waals surface area contributed by atoms with E-state index in [1.807, 2.05) is 12.1 Å². The fourth-order valence-electron chi connectivity index (χ4n) is 4.43. The normalized spacial score (nSPS) is 21.0. The molecule has 154 valence electrons. The Morgan fingerprint density at radius 2 is 2.03 bits per heavy atom. The highest BCUT2D eigenvalue weighted by Gasteiger charge is 2.27. The fraction of sp³-hybridized carbons (Fsp3) is 0.348. The zero-order valence-electron chi connectivity index (χ0n) is 16.4. The van der Waals surface area contributed by atoms with Gasteiger partial charge in [0, 0.05) is 18.0 Å². The third-order valence-electron chi connectivity index (χ3n) is 5.94. The van der Waals surface area contributed by atoms with Crippen molar-refractivity contribution >= 4 is 34.7 Å². The number of aliphatic hydroxyl groups is 1. The van der Waals surface area contributed by atoms with Gasteiger partial charge in [-0.3, -0.25) is 9.36 Å². The molecule has 2 aromatic heterocycles. The highest BCUT2D eigenvalue weighted by molar-refractivity contribution is 6.29. The van der Waals surface area contributed by atoms with E-state index in [1.165, 1.54) is 0 Å². The van der Waals surface area contributed by atoms with E-state index in [4.69, 9.17) is 16.3 Å². The van der Waals surface area contributed by atoms with E-state index < -0.39 is 6.10 Å². The minimum Gasteiger partial charge on any atom is -0.389 e. The highest BCUT2D eigenvalue weighted by Crippen LogP contribution is 2.20. The van der Waals surface area contributed by atoms with E-state index in [1.54, 1.807) is 23.2 Å². The maximum absolute atomic E-state index is 13.4. The smallest absolute Gasteiger partial charge is 0.261 e. The molecule has 6 nitrogen and oxygen atoms in total. The zero-order chi connectivity index (χ0) is 20.7. The van der Waals surface area contributed by atoms with Gasteiger partial charge in [0.15, 0.2) is 0 Å². The molecular formula is C23H22ClN3O3. The number of benzene rings is 1. The van der Waals surface area contributed by atoms with Crippen LogP contribution in [0, 0.1) is 0 Å². The number of rotatable bonds is 3. The molecule has 7 heteroatoms. The zero-order valence-corrected chi connectivity index (χ0v) is 17.2. The molecule has 0 spiro atoms. The number of nitrogens with zero attached hydrogens (tertiary/aromatic N) is 3. The SMILES string of the molecule is O=c1c2cc(Cc3ccc(Cl)nc3)c3c(c2ncn1C1CCOCC1O)=CCCC=3. The number of pyridine rings is 1. The van der Waals surface area contributed by atoms with Crippen molar-refractivity contribution in [1.29, 1.82) is 0 Å². The van der Waals surface area contributed by atoms with Crippen molar-refractivity contribution in [2.45, 2.75) is 37.8 Å². The lowest BCUT2D eigenvalue weighted by Gasteiger charge is -2.29. The van der Waals surface area contributed by atoms with E-state index in [0.29, 0.717) is 30.0 Å². The summed E-state index contributed by atoms with van der Waals surface area (Å²) in [5, 5.41) is 13.5. The van der Waals surface area contributed by atoms with Crippen LogP contribution in [-0.4, -0.2) is 39.0 Å². The van der Waals surface area contributed by atoms with Crippen LogP contribution in [0.2, 0.25) is 5.15 Å². The van der Waals surface area contributed by atoms with Crippen LogP contribution in [0.1, 0.15) is 36.4 Å². The average molecular weight is 424 g/mol. The monoisotopic (exact) mass is 423 g/mol. The van der Waals surface area contributed by atoms with Crippen molar-refractivity contribution in [1.82, 2.24) is 14.5 Å². The molecule has 0 amide bonds. The van der Waals surface area contributed by atoms with Gasteiger partial charge >= 0.3 is 0 Å². The standard InChI is InChI=1S/C23H22ClN3O3/c24-21-6-5-14(11-25-21)9-15-10-18-22(17-4-2-1-3-16(15)17)26-13-27(23(18)29)19-7-8-30-12-20(19)28/h3-6,10-11,13,19-20,28H,1-2,7-9,12H2. The van der Waals surface area contributed by atoms with Crippen LogP contribution in [0.4, 0.5) is 0 Å². The van der Waals surface area contributed by atoms with Crippen molar-refractivity contribution in [2.75, 3.05) is 13.2 Å². The lowest BCUT2D eigenvalue weighted by atomic mass is 9.96. The molecule has 2 unspecified atom stereocenters. The van der Waals surface area contributed by atoms with Crippen LogP contribution in [0.5, 0.6) is 0 Å². The third-order valence-corrected chi connectivity index (χ3v) is 6.16. The van der Waals surface area contributed by atoms with Crippen molar-refractivity contribution in [2.24, 2.45) is 0 Å². The predicted octanol–water partition coefficient (Wildman–Crippen LogP) is 1.71. The van der Waals surface area contributed by atoms with Gasteiger partial charge in [-0.1, -0.05) is 29.8 Å². The second kappa shape index (κ2) is 7.95. The first kappa shape index (κ1) is 19.4. The molecule has 2 aliphatic rings. The maximum atomic E-state index is 13.4. The first-order valence-corrected chi connectivity index (χ1v) is 10.6. The van der Waals surface area contributed by atoms with Crippen LogP contribution in [0.3, 0.4) is 0 Å². The Labute approximate surface area is 178 Å². The minimum absolute atomic E-state index is 0.122. The van der Waals surface area contributed by atoms with Gasteiger partial charge in [0.1, 0.15) is 5.15 Å². The Balaban J connectivity index is 1.70. The van der Waals surface area contributed by atoms with Crippen LogP contribution in [-0.2, 0) is 11.2 Å². The summed E-state index contributed by atoms with van der Waals surface area (Å²) in [6.07, 6.45) is 10.2. The molecular weight excluding hydrogens is 402 g/mol. The average Bonchev–Trinajstić information content (AvgIpc) is 2.77. The molecule has 1 aromatic carbocycles. The first-order chi connectivity index (χ1) is 14.6. The summed E-state index contributed by atoms with van der Waals surface area (Å²) >= 11 is 5.93. The molecule has 1 aliphatic heterocycles. The molecule has 3 aromatic rings. The summed E-state index contributed by atoms with van der Waals surface area (Å²) in [6.45, 7) is 0.755. The molecule has 0 radical (unpaired) electrons. The molecule has 1 N–H and O–H groups in total. The Morgan fingerprint density at radius 3 is 2.80 bits per heavy atom. The van der Waals surface area contributed by atoms with Crippen molar-refractivity contribution in [3.05, 3.63) is 67.8 Å². The quantitative estimate of drug-likeness (QED) is 0.649. The molecule has 0 bridgehead atoms. The molecule has 2 atom stereocenters.